The second-order valence-electron chi connectivity index (χ2n) is 9.65. The van der Waals surface area contributed by atoms with Gasteiger partial charge in [-0.1, -0.05) is 83.6 Å². The van der Waals surface area contributed by atoms with Crippen LogP contribution in [-0.4, -0.2) is 23.0 Å². The van der Waals surface area contributed by atoms with E-state index in [-0.39, 0.29) is 11.4 Å². The van der Waals surface area contributed by atoms with Gasteiger partial charge in [0.15, 0.2) is 0 Å². The Balaban J connectivity index is 1.70. The zero-order chi connectivity index (χ0) is 19.3. The number of nitrogens with zero attached hydrogens (tertiary/aromatic N) is 1. The highest BCUT2D eigenvalue weighted by molar-refractivity contribution is 5.75. The first-order valence-corrected chi connectivity index (χ1v) is 11.1. The fourth-order valence-corrected chi connectivity index (χ4v) is 4.57. The summed E-state index contributed by atoms with van der Waals surface area (Å²) in [6.45, 7) is 7.46. The van der Waals surface area contributed by atoms with Crippen LogP contribution < -0.4 is 5.32 Å². The molecule has 1 aromatic rings. The van der Waals surface area contributed by atoms with Gasteiger partial charge >= 0.3 is 6.03 Å². The minimum Gasteiger partial charge on any atom is -0.335 e. The SMILES string of the molecule is CC(C)(C)c1ccc(CN(C(=O)NC2CCCCC2)C2CCCCC2)cc1. The first-order valence-electron chi connectivity index (χ1n) is 11.1. The van der Waals surface area contributed by atoms with E-state index in [9.17, 15) is 4.79 Å². The molecule has 0 bridgehead atoms. The molecular formula is C24H38N2O. The van der Waals surface area contributed by atoms with Crippen LogP contribution in [0.5, 0.6) is 0 Å². The van der Waals surface area contributed by atoms with E-state index in [1.165, 1.54) is 49.7 Å². The average Bonchev–Trinajstić information content (AvgIpc) is 2.67. The highest BCUT2D eigenvalue weighted by Gasteiger charge is 2.27. The third-order valence-corrected chi connectivity index (χ3v) is 6.38. The Morgan fingerprint density at radius 3 is 2.04 bits per heavy atom. The third-order valence-electron chi connectivity index (χ3n) is 6.38. The van der Waals surface area contributed by atoms with Crippen LogP contribution in [0.1, 0.15) is 96.1 Å². The molecule has 0 aromatic heterocycles. The van der Waals surface area contributed by atoms with E-state index in [0.29, 0.717) is 12.1 Å². The van der Waals surface area contributed by atoms with Gasteiger partial charge in [0, 0.05) is 18.6 Å². The summed E-state index contributed by atoms with van der Waals surface area (Å²) in [4.78, 5) is 15.3. The molecule has 0 atom stereocenters. The molecule has 2 aliphatic carbocycles. The van der Waals surface area contributed by atoms with E-state index < -0.39 is 0 Å². The van der Waals surface area contributed by atoms with Crippen LogP contribution in [0, 0.1) is 0 Å². The van der Waals surface area contributed by atoms with Gasteiger partial charge in [-0.3, -0.25) is 0 Å². The van der Waals surface area contributed by atoms with Crippen LogP contribution in [0.25, 0.3) is 0 Å². The largest absolute Gasteiger partial charge is 0.335 e. The van der Waals surface area contributed by atoms with Crippen molar-refractivity contribution in [3.63, 3.8) is 0 Å². The summed E-state index contributed by atoms with van der Waals surface area (Å²) >= 11 is 0. The lowest BCUT2D eigenvalue weighted by molar-refractivity contribution is 0.145. The summed E-state index contributed by atoms with van der Waals surface area (Å²) in [7, 11) is 0. The van der Waals surface area contributed by atoms with Gasteiger partial charge in [0.25, 0.3) is 0 Å². The van der Waals surface area contributed by atoms with Crippen LogP contribution in [0.3, 0.4) is 0 Å². The Hall–Kier alpha value is -1.51. The third kappa shape index (κ3) is 5.73. The highest BCUT2D eigenvalue weighted by Crippen LogP contribution is 2.27. The lowest BCUT2D eigenvalue weighted by Crippen LogP contribution is -2.49. The minimum absolute atomic E-state index is 0.161. The topological polar surface area (TPSA) is 32.3 Å². The number of urea groups is 1. The maximum Gasteiger partial charge on any atom is 0.318 e. The summed E-state index contributed by atoms with van der Waals surface area (Å²) in [6, 6.07) is 9.81. The molecule has 3 rings (SSSR count). The standard InChI is InChI=1S/C24H38N2O/c1-24(2,3)20-16-14-19(15-17-20)18-26(22-12-8-5-9-13-22)23(27)25-21-10-6-4-7-11-21/h14-17,21-22H,4-13,18H2,1-3H3,(H,25,27). The van der Waals surface area contributed by atoms with E-state index in [1.54, 1.807) is 0 Å². The van der Waals surface area contributed by atoms with Crippen LogP contribution in [0.4, 0.5) is 4.79 Å². The van der Waals surface area contributed by atoms with E-state index in [4.69, 9.17) is 0 Å². The molecule has 3 heteroatoms. The number of benzene rings is 1. The summed E-state index contributed by atoms with van der Waals surface area (Å²) in [6.07, 6.45) is 12.2. The minimum atomic E-state index is 0.161. The smallest absolute Gasteiger partial charge is 0.318 e. The molecular weight excluding hydrogens is 332 g/mol. The van der Waals surface area contributed by atoms with E-state index in [2.05, 4.69) is 55.3 Å². The second kappa shape index (κ2) is 9.12. The summed E-state index contributed by atoms with van der Waals surface area (Å²) in [5, 5.41) is 3.36. The van der Waals surface area contributed by atoms with Crippen molar-refractivity contribution in [3.05, 3.63) is 35.4 Å². The first kappa shape index (κ1) is 20.2. The maximum atomic E-state index is 13.2. The number of carbonyl (C=O) groups excluding carboxylic acids is 1. The molecule has 0 radical (unpaired) electrons. The van der Waals surface area contributed by atoms with Crippen molar-refractivity contribution in [2.24, 2.45) is 0 Å². The monoisotopic (exact) mass is 370 g/mol. The highest BCUT2D eigenvalue weighted by atomic mass is 16.2. The van der Waals surface area contributed by atoms with Gasteiger partial charge in [-0.15, -0.1) is 0 Å². The molecule has 0 heterocycles. The summed E-state index contributed by atoms with van der Waals surface area (Å²) in [5.41, 5.74) is 2.76. The molecule has 0 saturated heterocycles. The van der Waals surface area contributed by atoms with Crippen LogP contribution in [0.2, 0.25) is 0 Å². The van der Waals surface area contributed by atoms with Crippen LogP contribution >= 0.6 is 0 Å². The number of rotatable bonds is 4. The van der Waals surface area contributed by atoms with Crippen molar-refractivity contribution in [2.75, 3.05) is 0 Å². The number of hydrogen-bond acceptors (Lipinski definition) is 1. The van der Waals surface area contributed by atoms with Crippen molar-refractivity contribution < 1.29 is 4.79 Å². The Bertz CT molecular complexity index is 590. The normalized spacial score (nSPS) is 19.7. The number of nitrogens with one attached hydrogen (secondary N) is 1. The van der Waals surface area contributed by atoms with Gasteiger partial charge in [-0.25, -0.2) is 4.79 Å². The maximum absolute atomic E-state index is 13.2. The van der Waals surface area contributed by atoms with Gasteiger partial charge in [0.05, 0.1) is 0 Å². The number of amides is 2. The molecule has 3 nitrogen and oxygen atoms in total. The molecule has 2 fully saturated rings. The Kier molecular flexibility index (Phi) is 6.83. The van der Waals surface area contributed by atoms with Crippen molar-refractivity contribution in [1.82, 2.24) is 10.2 Å². The second-order valence-corrected chi connectivity index (χ2v) is 9.65. The van der Waals surface area contributed by atoms with Crippen LogP contribution in [-0.2, 0) is 12.0 Å². The fraction of sp³-hybridized carbons (Fsp3) is 0.708. The molecule has 2 saturated carbocycles. The predicted octanol–water partition coefficient (Wildman–Crippen LogP) is 6.16. The molecule has 1 N–H and O–H groups in total. The van der Waals surface area contributed by atoms with Gasteiger partial charge in [0.1, 0.15) is 0 Å². The van der Waals surface area contributed by atoms with Crippen molar-refractivity contribution in [1.29, 1.82) is 0 Å². The van der Waals surface area contributed by atoms with Crippen molar-refractivity contribution in [3.8, 4) is 0 Å². The summed E-state index contributed by atoms with van der Waals surface area (Å²) in [5.74, 6) is 0. The lowest BCUT2D eigenvalue weighted by atomic mass is 9.86. The quantitative estimate of drug-likeness (QED) is 0.676. The predicted molar refractivity (Wildman–Crippen MR) is 113 cm³/mol. The molecule has 2 aliphatic rings. The zero-order valence-corrected chi connectivity index (χ0v) is 17.6. The number of carbonyl (C=O) groups is 1. The molecule has 27 heavy (non-hydrogen) atoms. The number of hydrogen-bond donors (Lipinski definition) is 1. The molecule has 2 amide bonds. The summed E-state index contributed by atoms with van der Waals surface area (Å²) < 4.78 is 0. The lowest BCUT2D eigenvalue weighted by Gasteiger charge is -2.36. The van der Waals surface area contributed by atoms with E-state index in [1.807, 2.05) is 0 Å². The van der Waals surface area contributed by atoms with Gasteiger partial charge in [-0.05, 0) is 42.2 Å². The van der Waals surface area contributed by atoms with E-state index in [0.717, 1.165) is 32.2 Å². The molecule has 0 unspecified atom stereocenters. The van der Waals surface area contributed by atoms with Gasteiger partial charge in [-0.2, -0.15) is 0 Å². The average molecular weight is 371 g/mol. The van der Waals surface area contributed by atoms with Crippen molar-refractivity contribution in [2.45, 2.75) is 109 Å². The van der Waals surface area contributed by atoms with Crippen molar-refractivity contribution >= 4 is 6.03 Å². The van der Waals surface area contributed by atoms with Gasteiger partial charge < -0.3 is 10.2 Å². The fourth-order valence-electron chi connectivity index (χ4n) is 4.57. The molecule has 0 aliphatic heterocycles. The Morgan fingerprint density at radius 1 is 0.926 bits per heavy atom. The van der Waals surface area contributed by atoms with Crippen LogP contribution in [0.15, 0.2) is 24.3 Å². The van der Waals surface area contributed by atoms with E-state index >= 15 is 0 Å². The Morgan fingerprint density at radius 2 is 1.48 bits per heavy atom. The molecule has 150 valence electrons. The Labute approximate surface area is 165 Å². The van der Waals surface area contributed by atoms with Gasteiger partial charge in [0.2, 0.25) is 0 Å². The molecule has 1 aromatic carbocycles. The molecule has 0 spiro atoms. The first-order chi connectivity index (χ1) is 12.9. The zero-order valence-electron chi connectivity index (χ0n) is 17.6.